The lowest BCUT2D eigenvalue weighted by Gasteiger charge is -2.15. The van der Waals surface area contributed by atoms with Gasteiger partial charge < -0.3 is 4.74 Å². The van der Waals surface area contributed by atoms with E-state index in [0.717, 1.165) is 5.56 Å². The van der Waals surface area contributed by atoms with Crippen LogP contribution < -0.4 is 9.75 Å². The average Bonchev–Trinajstić information content (AvgIpc) is 3.34. The van der Waals surface area contributed by atoms with Crippen molar-refractivity contribution in [1.29, 1.82) is 0 Å². The summed E-state index contributed by atoms with van der Waals surface area (Å²) in [6.07, 6.45) is 1.70. The first-order valence-electron chi connectivity index (χ1n) is 8.95. The van der Waals surface area contributed by atoms with Crippen LogP contribution in [0.4, 0.5) is 5.69 Å². The third kappa shape index (κ3) is 4.52. The summed E-state index contributed by atoms with van der Waals surface area (Å²) >= 11 is 19.7. The molecule has 156 valence electrons. The first kappa shape index (κ1) is 21.6. The molecule has 0 spiro atoms. The maximum atomic E-state index is 13.0. The summed E-state index contributed by atoms with van der Waals surface area (Å²) < 4.78 is 5.35. The minimum atomic E-state index is -0.414. The van der Waals surface area contributed by atoms with E-state index in [1.54, 1.807) is 49.4 Å². The molecule has 3 aromatic rings. The Morgan fingerprint density at radius 1 is 1.10 bits per heavy atom. The van der Waals surface area contributed by atoms with Gasteiger partial charge in [0, 0.05) is 5.02 Å². The number of halogens is 3. The van der Waals surface area contributed by atoms with Crippen LogP contribution in [0.2, 0.25) is 15.1 Å². The summed E-state index contributed by atoms with van der Waals surface area (Å²) in [5.74, 6) is -0.371. The second-order valence-corrected chi connectivity index (χ2v) is 8.71. The van der Waals surface area contributed by atoms with E-state index in [2.05, 4.69) is 5.10 Å². The molecule has 0 atom stereocenters. The van der Waals surface area contributed by atoms with Crippen LogP contribution in [-0.2, 0) is 4.79 Å². The molecule has 0 bridgehead atoms. The van der Waals surface area contributed by atoms with E-state index in [0.29, 0.717) is 26.9 Å². The Labute approximate surface area is 197 Å². The highest BCUT2D eigenvalue weighted by Gasteiger charge is 2.31. The van der Waals surface area contributed by atoms with E-state index >= 15 is 0 Å². The number of benzene rings is 2. The number of ether oxygens (including phenoxy) is 1. The molecule has 2 aromatic carbocycles. The van der Waals surface area contributed by atoms with Crippen LogP contribution in [-0.4, -0.2) is 17.6 Å². The fraction of sp³-hybridized carbons (Fsp3) is 0.0455. The van der Waals surface area contributed by atoms with Gasteiger partial charge >= 0.3 is 5.97 Å². The predicted octanol–water partition coefficient (Wildman–Crippen LogP) is 6.73. The fourth-order valence-electron chi connectivity index (χ4n) is 2.92. The number of carbonyl (C=O) groups excluding carboxylic acids is 2. The second-order valence-electron chi connectivity index (χ2n) is 6.51. The summed E-state index contributed by atoms with van der Waals surface area (Å²) in [6, 6.07) is 13.3. The summed E-state index contributed by atoms with van der Waals surface area (Å²) in [4.78, 5) is 25.6. The van der Waals surface area contributed by atoms with Crippen LogP contribution in [0, 0.1) is 0 Å². The number of nitrogens with zero attached hydrogens (tertiary/aromatic N) is 2. The van der Waals surface area contributed by atoms with Crippen molar-refractivity contribution in [2.24, 2.45) is 5.10 Å². The average molecular weight is 492 g/mol. The maximum absolute atomic E-state index is 13.0. The molecule has 0 aliphatic carbocycles. The van der Waals surface area contributed by atoms with E-state index in [1.165, 1.54) is 28.5 Å². The van der Waals surface area contributed by atoms with Crippen molar-refractivity contribution in [2.45, 2.75) is 6.92 Å². The fourth-order valence-corrected chi connectivity index (χ4v) is 4.50. The van der Waals surface area contributed by atoms with Crippen LogP contribution in [0.25, 0.3) is 6.08 Å². The molecule has 0 N–H and O–H groups in total. The van der Waals surface area contributed by atoms with Gasteiger partial charge in [0.05, 0.1) is 21.3 Å². The Kier molecular flexibility index (Phi) is 6.16. The molecule has 31 heavy (non-hydrogen) atoms. The smallest absolute Gasteiger partial charge is 0.353 e. The van der Waals surface area contributed by atoms with Gasteiger partial charge in [-0.1, -0.05) is 53.0 Å². The van der Waals surface area contributed by atoms with Gasteiger partial charge in [0.2, 0.25) is 0 Å². The van der Waals surface area contributed by atoms with E-state index in [9.17, 15) is 9.59 Å². The zero-order valence-corrected chi connectivity index (χ0v) is 19.0. The molecule has 4 rings (SSSR count). The zero-order chi connectivity index (χ0) is 22.1. The molecule has 1 aliphatic rings. The molecule has 0 saturated carbocycles. The van der Waals surface area contributed by atoms with E-state index in [1.807, 2.05) is 5.38 Å². The number of hydrogen-bond donors (Lipinski definition) is 0. The Balaban J connectivity index is 1.55. The molecule has 9 heteroatoms. The number of esters is 1. The van der Waals surface area contributed by atoms with Crippen LogP contribution >= 0.6 is 46.1 Å². The molecule has 5 nitrogen and oxygen atoms in total. The summed E-state index contributed by atoms with van der Waals surface area (Å²) in [5, 5.41) is 8.09. The van der Waals surface area contributed by atoms with Crippen LogP contribution in [0.1, 0.15) is 22.2 Å². The molecule has 0 unspecified atom stereocenters. The monoisotopic (exact) mass is 490 g/mol. The topological polar surface area (TPSA) is 59.0 Å². The minimum Gasteiger partial charge on any atom is -0.422 e. The van der Waals surface area contributed by atoms with Crippen molar-refractivity contribution in [1.82, 2.24) is 0 Å². The molecule has 0 radical (unpaired) electrons. The van der Waals surface area contributed by atoms with E-state index in [-0.39, 0.29) is 21.6 Å². The lowest BCUT2D eigenvalue weighted by atomic mass is 10.1. The lowest BCUT2D eigenvalue weighted by Crippen LogP contribution is -2.22. The van der Waals surface area contributed by atoms with Gasteiger partial charge in [-0.05, 0) is 54.3 Å². The third-order valence-electron chi connectivity index (χ3n) is 4.38. The van der Waals surface area contributed by atoms with Crippen molar-refractivity contribution < 1.29 is 14.3 Å². The standard InChI is InChI=1S/C22H13Cl3N2O3S/c1-12-16(21(28)27(26-12)20-17(24)10-14(23)11-18(20)25)9-13-4-6-15(7-5-13)30-22(29)19-3-2-8-31-19/h2-11H,1H3/b16-9+. The van der Waals surface area contributed by atoms with Gasteiger partial charge in [-0.25, -0.2) is 4.79 Å². The van der Waals surface area contributed by atoms with Crippen LogP contribution in [0.5, 0.6) is 5.75 Å². The summed E-state index contributed by atoms with van der Waals surface area (Å²) in [7, 11) is 0. The van der Waals surface area contributed by atoms with Gasteiger partial charge in [0.15, 0.2) is 0 Å². The Bertz CT molecular complexity index is 1210. The Morgan fingerprint density at radius 2 is 1.77 bits per heavy atom. The molecule has 0 fully saturated rings. The van der Waals surface area contributed by atoms with Gasteiger partial charge in [-0.15, -0.1) is 11.3 Å². The van der Waals surface area contributed by atoms with E-state index < -0.39 is 5.97 Å². The van der Waals surface area contributed by atoms with Crippen molar-refractivity contribution in [2.75, 3.05) is 5.01 Å². The molecular weight excluding hydrogens is 479 g/mol. The first-order valence-corrected chi connectivity index (χ1v) is 11.0. The summed E-state index contributed by atoms with van der Waals surface area (Å²) in [6.45, 7) is 1.72. The van der Waals surface area contributed by atoms with Gasteiger partial charge in [-0.3, -0.25) is 4.79 Å². The molecule has 1 aliphatic heterocycles. The predicted molar refractivity (Wildman–Crippen MR) is 126 cm³/mol. The molecular formula is C22H13Cl3N2O3S. The quantitative estimate of drug-likeness (QED) is 0.231. The number of thiophene rings is 1. The number of rotatable bonds is 4. The molecule has 1 amide bonds. The highest BCUT2D eigenvalue weighted by atomic mass is 35.5. The summed E-state index contributed by atoms with van der Waals surface area (Å²) in [5.41, 5.74) is 1.92. The van der Waals surface area contributed by atoms with E-state index in [4.69, 9.17) is 39.5 Å². The molecule has 2 heterocycles. The number of carbonyl (C=O) groups is 2. The van der Waals surface area contributed by atoms with Crippen molar-refractivity contribution >= 4 is 75.5 Å². The van der Waals surface area contributed by atoms with Gasteiger partial charge in [0.25, 0.3) is 5.91 Å². The SMILES string of the molecule is CC1=NN(c2c(Cl)cc(Cl)cc2Cl)C(=O)/C1=C/c1ccc(OC(=O)c2cccs2)cc1. The van der Waals surface area contributed by atoms with Gasteiger partial charge in [0.1, 0.15) is 16.3 Å². The number of amides is 1. The van der Waals surface area contributed by atoms with Gasteiger partial charge in [-0.2, -0.15) is 10.1 Å². The van der Waals surface area contributed by atoms with Crippen molar-refractivity contribution in [3.05, 3.63) is 85.0 Å². The normalized spacial score (nSPS) is 14.8. The lowest BCUT2D eigenvalue weighted by molar-refractivity contribution is -0.114. The maximum Gasteiger partial charge on any atom is 0.353 e. The molecule has 1 aromatic heterocycles. The number of hydrazone groups is 1. The minimum absolute atomic E-state index is 0.223. The van der Waals surface area contributed by atoms with Crippen molar-refractivity contribution in [3.63, 3.8) is 0 Å². The number of hydrogen-bond acceptors (Lipinski definition) is 5. The van der Waals surface area contributed by atoms with Crippen LogP contribution in [0.15, 0.2) is 64.6 Å². The largest absolute Gasteiger partial charge is 0.422 e. The highest BCUT2D eigenvalue weighted by molar-refractivity contribution is 7.12. The second kappa shape index (κ2) is 8.85. The number of anilines is 1. The zero-order valence-electron chi connectivity index (χ0n) is 15.9. The molecule has 0 saturated heterocycles. The Morgan fingerprint density at radius 3 is 2.39 bits per heavy atom. The third-order valence-corrected chi connectivity index (χ3v) is 6.02. The first-order chi connectivity index (χ1) is 14.8. The Hall–Kier alpha value is -2.64. The van der Waals surface area contributed by atoms with Crippen molar-refractivity contribution in [3.8, 4) is 5.75 Å². The van der Waals surface area contributed by atoms with Crippen LogP contribution in [0.3, 0.4) is 0 Å². The highest BCUT2D eigenvalue weighted by Crippen LogP contribution is 2.39.